The molecule has 0 bridgehead atoms. The van der Waals surface area contributed by atoms with E-state index in [1.165, 1.54) is 0 Å². The Labute approximate surface area is 143 Å². The van der Waals surface area contributed by atoms with Crippen LogP contribution in [-0.4, -0.2) is 0 Å². The fourth-order valence-electron chi connectivity index (χ4n) is 2.08. The van der Waals surface area contributed by atoms with Crippen LogP contribution < -0.4 is 0 Å². The molecule has 3 aromatic rings. The highest BCUT2D eigenvalue weighted by Crippen LogP contribution is 2.05. The Morgan fingerprint density at radius 1 is 0.417 bits per heavy atom. The molecule has 0 saturated carbocycles. The lowest BCUT2D eigenvalue weighted by molar-refractivity contribution is 1.58. The SMILES string of the molecule is [C-]#Cc1ccc(C#Cc2ccc(C#Cc3ccccc3)cc2)cc1. The Morgan fingerprint density at radius 3 is 1.12 bits per heavy atom. The van der Waals surface area contributed by atoms with Crippen molar-refractivity contribution in [3.63, 3.8) is 0 Å². The highest BCUT2D eigenvalue weighted by molar-refractivity contribution is 5.48. The number of rotatable bonds is 0. The minimum atomic E-state index is 0.752. The van der Waals surface area contributed by atoms with Gasteiger partial charge in [-0.3, -0.25) is 5.92 Å². The third-order valence-electron chi connectivity index (χ3n) is 3.39. The molecule has 0 N–H and O–H groups in total. The predicted octanol–water partition coefficient (Wildman–Crippen LogP) is 4.42. The second kappa shape index (κ2) is 7.56. The van der Waals surface area contributed by atoms with Gasteiger partial charge in [0.15, 0.2) is 0 Å². The van der Waals surface area contributed by atoms with Crippen molar-refractivity contribution in [2.24, 2.45) is 0 Å². The van der Waals surface area contributed by atoms with Crippen molar-refractivity contribution in [3.05, 3.63) is 113 Å². The lowest BCUT2D eigenvalue weighted by Crippen LogP contribution is -1.79. The van der Waals surface area contributed by atoms with Gasteiger partial charge in [-0.15, -0.1) is 17.7 Å². The summed E-state index contributed by atoms with van der Waals surface area (Å²) >= 11 is 0. The summed E-state index contributed by atoms with van der Waals surface area (Å²) in [6.07, 6.45) is 7.06. The van der Waals surface area contributed by atoms with E-state index in [2.05, 4.69) is 29.6 Å². The van der Waals surface area contributed by atoms with Crippen LogP contribution in [-0.2, 0) is 0 Å². The Hall–Kier alpha value is -3.66. The van der Waals surface area contributed by atoms with Gasteiger partial charge in [0.05, 0.1) is 0 Å². The summed E-state index contributed by atoms with van der Waals surface area (Å²) in [6, 6.07) is 25.3. The zero-order valence-electron chi connectivity index (χ0n) is 13.0. The molecule has 0 aliphatic heterocycles. The van der Waals surface area contributed by atoms with Crippen molar-refractivity contribution in [3.8, 4) is 29.6 Å². The highest BCUT2D eigenvalue weighted by atomic mass is 13.9. The van der Waals surface area contributed by atoms with Crippen molar-refractivity contribution in [1.29, 1.82) is 0 Å². The van der Waals surface area contributed by atoms with Gasteiger partial charge in [0.2, 0.25) is 0 Å². The van der Waals surface area contributed by atoms with E-state index in [4.69, 9.17) is 6.42 Å². The summed E-state index contributed by atoms with van der Waals surface area (Å²) < 4.78 is 0. The van der Waals surface area contributed by atoms with E-state index >= 15 is 0 Å². The predicted molar refractivity (Wildman–Crippen MR) is 97.5 cm³/mol. The van der Waals surface area contributed by atoms with Crippen LogP contribution in [0.3, 0.4) is 0 Å². The quantitative estimate of drug-likeness (QED) is 0.426. The Kier molecular flexibility index (Phi) is 4.80. The van der Waals surface area contributed by atoms with Crippen molar-refractivity contribution < 1.29 is 0 Å². The standard InChI is InChI=1S/C24H13/c1-2-20-8-10-22(11-9-20)14-15-24-18-16-23(17-19-24)13-12-21-6-4-3-5-7-21/h3-11,16-19H/q-1. The van der Waals surface area contributed by atoms with Crippen LogP contribution in [0.5, 0.6) is 0 Å². The number of hydrogen-bond donors (Lipinski definition) is 0. The molecule has 0 atom stereocenters. The van der Waals surface area contributed by atoms with Gasteiger partial charge in [0.25, 0.3) is 0 Å². The molecule has 24 heavy (non-hydrogen) atoms. The summed E-state index contributed by atoms with van der Waals surface area (Å²) in [5.74, 6) is 14.9. The Morgan fingerprint density at radius 2 is 0.750 bits per heavy atom. The first-order chi connectivity index (χ1) is 11.8. The van der Waals surface area contributed by atoms with Crippen LogP contribution >= 0.6 is 0 Å². The van der Waals surface area contributed by atoms with Crippen LogP contribution in [0.2, 0.25) is 0 Å². The molecule has 0 fully saturated rings. The lowest BCUT2D eigenvalue weighted by Gasteiger charge is -1.98. The lowest BCUT2D eigenvalue weighted by atomic mass is 10.1. The molecule has 0 aliphatic rings. The zero-order chi connectivity index (χ0) is 16.6. The normalized spacial score (nSPS) is 8.96. The molecule has 0 unspecified atom stereocenters. The van der Waals surface area contributed by atoms with E-state index in [1.807, 2.05) is 78.9 Å². The second-order valence-electron chi connectivity index (χ2n) is 5.15. The molecule has 0 radical (unpaired) electrons. The summed E-state index contributed by atoms with van der Waals surface area (Å²) in [4.78, 5) is 0. The van der Waals surface area contributed by atoms with Gasteiger partial charge in [-0.1, -0.05) is 54.0 Å². The molecule has 3 rings (SSSR count). The van der Waals surface area contributed by atoms with Gasteiger partial charge < -0.3 is 6.42 Å². The van der Waals surface area contributed by atoms with E-state index in [0.29, 0.717) is 0 Å². The van der Waals surface area contributed by atoms with E-state index in [9.17, 15) is 0 Å². The zero-order valence-corrected chi connectivity index (χ0v) is 13.0. The first-order valence-corrected chi connectivity index (χ1v) is 7.55. The average Bonchev–Trinajstić information content (AvgIpc) is 2.67. The largest absolute Gasteiger partial charge is 0.366 e. The van der Waals surface area contributed by atoms with Gasteiger partial charge in [-0.05, 0) is 36.4 Å². The molecule has 0 heterocycles. The van der Waals surface area contributed by atoms with Crippen LogP contribution in [0.4, 0.5) is 0 Å². The van der Waals surface area contributed by atoms with E-state index < -0.39 is 0 Å². The van der Waals surface area contributed by atoms with Crippen LogP contribution in [0.15, 0.2) is 78.9 Å². The number of benzene rings is 3. The second-order valence-corrected chi connectivity index (χ2v) is 5.15. The molecule has 0 aliphatic carbocycles. The fourth-order valence-corrected chi connectivity index (χ4v) is 2.08. The summed E-state index contributed by atoms with van der Waals surface area (Å²) in [5.41, 5.74) is 4.59. The Bertz CT molecular complexity index is 976. The molecule has 0 heteroatoms. The monoisotopic (exact) mass is 301 g/mol. The van der Waals surface area contributed by atoms with Gasteiger partial charge >= 0.3 is 0 Å². The van der Waals surface area contributed by atoms with E-state index in [0.717, 1.165) is 27.8 Å². The van der Waals surface area contributed by atoms with Crippen LogP contribution in [0.1, 0.15) is 27.8 Å². The van der Waals surface area contributed by atoms with E-state index in [-0.39, 0.29) is 0 Å². The van der Waals surface area contributed by atoms with Crippen LogP contribution in [0.25, 0.3) is 0 Å². The third kappa shape index (κ3) is 4.18. The first kappa shape index (κ1) is 15.2. The minimum absolute atomic E-state index is 0.752. The fraction of sp³-hybridized carbons (Fsp3) is 0. The summed E-state index contributed by atoms with van der Waals surface area (Å²) in [5, 5.41) is 0. The third-order valence-corrected chi connectivity index (χ3v) is 3.39. The van der Waals surface area contributed by atoms with Gasteiger partial charge in [0, 0.05) is 22.3 Å². The highest BCUT2D eigenvalue weighted by Gasteiger charge is 1.90. The number of hydrogen-bond acceptors (Lipinski definition) is 0. The molecule has 0 aromatic heterocycles. The van der Waals surface area contributed by atoms with Crippen molar-refractivity contribution in [2.45, 2.75) is 0 Å². The molecule has 110 valence electrons. The maximum absolute atomic E-state index is 7.06. The molecule has 0 nitrogen and oxygen atoms in total. The van der Waals surface area contributed by atoms with Crippen molar-refractivity contribution >= 4 is 0 Å². The van der Waals surface area contributed by atoms with Crippen molar-refractivity contribution in [1.82, 2.24) is 0 Å². The van der Waals surface area contributed by atoms with Gasteiger partial charge in [-0.2, -0.15) is 0 Å². The van der Waals surface area contributed by atoms with Crippen LogP contribution in [0, 0.1) is 36.0 Å². The molecule has 0 spiro atoms. The first-order valence-electron chi connectivity index (χ1n) is 7.55. The molecule has 0 amide bonds. The Balaban J connectivity index is 1.72. The molecule has 0 saturated heterocycles. The smallest absolute Gasteiger partial charge is 0.0249 e. The molecular weight excluding hydrogens is 288 g/mol. The summed E-state index contributed by atoms with van der Waals surface area (Å²) in [7, 11) is 0. The minimum Gasteiger partial charge on any atom is -0.366 e. The molecular formula is C24H13-. The maximum Gasteiger partial charge on any atom is 0.0249 e. The summed E-state index contributed by atoms with van der Waals surface area (Å²) in [6.45, 7) is 0. The van der Waals surface area contributed by atoms with Crippen molar-refractivity contribution in [2.75, 3.05) is 0 Å². The molecule has 3 aromatic carbocycles. The maximum atomic E-state index is 7.06. The van der Waals surface area contributed by atoms with E-state index in [1.54, 1.807) is 0 Å². The topological polar surface area (TPSA) is 0 Å². The van der Waals surface area contributed by atoms with Gasteiger partial charge in [-0.25, -0.2) is 0 Å². The average molecular weight is 301 g/mol. The van der Waals surface area contributed by atoms with Gasteiger partial charge in [0.1, 0.15) is 0 Å².